The number of benzene rings is 1. The molecule has 1 fully saturated rings. The first kappa shape index (κ1) is 16.2. The van der Waals surface area contributed by atoms with Crippen LogP contribution < -0.4 is 5.32 Å². The van der Waals surface area contributed by atoms with Gasteiger partial charge in [0.05, 0.1) is 4.90 Å². The molecule has 0 radical (unpaired) electrons. The second kappa shape index (κ2) is 6.84. The standard InChI is InChI=1S/C17H22N2O3S/c20-17(14-7-2-1-3-8-14)18-15-9-6-10-16(13-15)23(21,22)19-11-4-5-12-19/h1-2,6,9-10,13-14H,3-5,7-8,11-12H2,(H,18,20)/t14-/m0/s1. The third kappa shape index (κ3) is 3.64. The van der Waals surface area contributed by atoms with Crippen molar-refractivity contribution in [2.45, 2.75) is 37.0 Å². The monoisotopic (exact) mass is 334 g/mol. The Balaban J connectivity index is 1.74. The number of carbonyl (C=O) groups excluding carboxylic acids is 1. The number of rotatable bonds is 4. The van der Waals surface area contributed by atoms with Gasteiger partial charge < -0.3 is 5.32 Å². The van der Waals surface area contributed by atoms with Crippen LogP contribution in [-0.2, 0) is 14.8 Å². The van der Waals surface area contributed by atoms with Crippen molar-refractivity contribution in [3.05, 3.63) is 36.4 Å². The molecule has 2 aliphatic rings. The maximum atomic E-state index is 12.6. The number of nitrogens with zero attached hydrogens (tertiary/aromatic N) is 1. The highest BCUT2D eigenvalue weighted by molar-refractivity contribution is 7.89. The molecule has 1 N–H and O–H groups in total. The number of allylic oxidation sites excluding steroid dienone is 2. The van der Waals surface area contributed by atoms with Crippen LogP contribution in [0.1, 0.15) is 32.1 Å². The van der Waals surface area contributed by atoms with E-state index in [1.807, 2.05) is 6.08 Å². The maximum absolute atomic E-state index is 12.6. The van der Waals surface area contributed by atoms with Gasteiger partial charge in [-0.2, -0.15) is 4.31 Å². The Bertz CT molecular complexity index is 706. The molecule has 1 aliphatic heterocycles. The second-order valence-electron chi connectivity index (χ2n) is 6.11. The van der Waals surface area contributed by atoms with Crippen molar-refractivity contribution >= 4 is 21.6 Å². The van der Waals surface area contributed by atoms with Crippen LogP contribution in [0.4, 0.5) is 5.69 Å². The average molecular weight is 334 g/mol. The fraction of sp³-hybridized carbons (Fsp3) is 0.471. The molecule has 124 valence electrons. The zero-order valence-corrected chi connectivity index (χ0v) is 13.9. The molecule has 1 aliphatic carbocycles. The number of nitrogens with one attached hydrogen (secondary N) is 1. The van der Waals surface area contributed by atoms with Crippen LogP contribution in [0.2, 0.25) is 0 Å². The summed E-state index contributed by atoms with van der Waals surface area (Å²) in [5, 5.41) is 2.86. The van der Waals surface area contributed by atoms with E-state index in [2.05, 4.69) is 11.4 Å². The molecule has 0 spiro atoms. The number of amides is 1. The lowest BCUT2D eigenvalue weighted by Gasteiger charge is -2.18. The lowest BCUT2D eigenvalue weighted by atomic mass is 9.93. The molecule has 1 heterocycles. The quantitative estimate of drug-likeness (QED) is 0.861. The molecule has 1 atom stereocenters. The highest BCUT2D eigenvalue weighted by Crippen LogP contribution is 2.24. The molecule has 6 heteroatoms. The van der Waals surface area contributed by atoms with Gasteiger partial charge in [0.25, 0.3) is 0 Å². The van der Waals surface area contributed by atoms with Gasteiger partial charge in [0, 0.05) is 24.7 Å². The summed E-state index contributed by atoms with van der Waals surface area (Å²) in [5.41, 5.74) is 0.546. The van der Waals surface area contributed by atoms with Gasteiger partial charge >= 0.3 is 0 Å². The van der Waals surface area contributed by atoms with Gasteiger partial charge in [-0.1, -0.05) is 18.2 Å². The summed E-state index contributed by atoms with van der Waals surface area (Å²) in [4.78, 5) is 12.5. The maximum Gasteiger partial charge on any atom is 0.243 e. The first-order valence-corrected chi connectivity index (χ1v) is 9.57. The first-order valence-electron chi connectivity index (χ1n) is 8.13. The van der Waals surface area contributed by atoms with Crippen LogP contribution in [0.15, 0.2) is 41.3 Å². The fourth-order valence-electron chi connectivity index (χ4n) is 3.09. The number of hydrogen-bond acceptors (Lipinski definition) is 3. The Morgan fingerprint density at radius 3 is 2.65 bits per heavy atom. The van der Waals surface area contributed by atoms with E-state index in [4.69, 9.17) is 0 Å². The predicted molar refractivity (Wildman–Crippen MR) is 89.5 cm³/mol. The molecule has 0 aromatic heterocycles. The molecule has 1 aromatic carbocycles. The molecule has 1 saturated heterocycles. The van der Waals surface area contributed by atoms with Crippen LogP contribution >= 0.6 is 0 Å². The Labute approximate surface area is 137 Å². The molecule has 5 nitrogen and oxygen atoms in total. The van der Waals surface area contributed by atoms with Gasteiger partial charge in [0.1, 0.15) is 0 Å². The van der Waals surface area contributed by atoms with Crippen LogP contribution in [0.5, 0.6) is 0 Å². The van der Waals surface area contributed by atoms with E-state index in [0.29, 0.717) is 18.8 Å². The molecule has 0 saturated carbocycles. The van der Waals surface area contributed by atoms with E-state index >= 15 is 0 Å². The highest BCUT2D eigenvalue weighted by Gasteiger charge is 2.27. The lowest BCUT2D eigenvalue weighted by molar-refractivity contribution is -0.120. The largest absolute Gasteiger partial charge is 0.326 e. The summed E-state index contributed by atoms with van der Waals surface area (Å²) in [6.07, 6.45) is 8.44. The van der Waals surface area contributed by atoms with E-state index in [1.54, 1.807) is 24.3 Å². The number of hydrogen-bond donors (Lipinski definition) is 1. The Morgan fingerprint density at radius 2 is 1.96 bits per heavy atom. The highest BCUT2D eigenvalue weighted by atomic mass is 32.2. The third-order valence-electron chi connectivity index (χ3n) is 4.44. The van der Waals surface area contributed by atoms with E-state index in [1.165, 1.54) is 4.31 Å². The number of anilines is 1. The average Bonchev–Trinajstić information content (AvgIpc) is 3.11. The van der Waals surface area contributed by atoms with Crippen LogP contribution in [0.3, 0.4) is 0 Å². The summed E-state index contributed by atoms with van der Waals surface area (Å²) >= 11 is 0. The minimum absolute atomic E-state index is 0.0288. The van der Waals surface area contributed by atoms with Crippen molar-refractivity contribution in [3.63, 3.8) is 0 Å². The van der Waals surface area contributed by atoms with Crippen molar-refractivity contribution in [1.29, 1.82) is 0 Å². The van der Waals surface area contributed by atoms with Crippen LogP contribution in [-0.4, -0.2) is 31.7 Å². The molecule has 3 rings (SSSR count). The summed E-state index contributed by atoms with van der Waals surface area (Å²) in [5.74, 6) is -0.0658. The minimum atomic E-state index is -3.45. The zero-order valence-electron chi connectivity index (χ0n) is 13.1. The van der Waals surface area contributed by atoms with Gasteiger partial charge in [0.2, 0.25) is 15.9 Å². The van der Waals surface area contributed by atoms with Crippen molar-refractivity contribution < 1.29 is 13.2 Å². The summed E-state index contributed by atoms with van der Waals surface area (Å²) in [7, 11) is -3.45. The van der Waals surface area contributed by atoms with Crippen molar-refractivity contribution in [3.8, 4) is 0 Å². The molecule has 0 bridgehead atoms. The fourth-order valence-corrected chi connectivity index (χ4v) is 4.65. The first-order chi connectivity index (χ1) is 11.1. The number of sulfonamides is 1. The third-order valence-corrected chi connectivity index (χ3v) is 6.34. The van der Waals surface area contributed by atoms with E-state index in [0.717, 1.165) is 32.1 Å². The van der Waals surface area contributed by atoms with Crippen LogP contribution in [0, 0.1) is 5.92 Å². The topological polar surface area (TPSA) is 66.5 Å². The van der Waals surface area contributed by atoms with E-state index in [9.17, 15) is 13.2 Å². The smallest absolute Gasteiger partial charge is 0.243 e. The molecule has 1 aromatic rings. The van der Waals surface area contributed by atoms with Crippen LogP contribution in [0.25, 0.3) is 0 Å². The summed E-state index contributed by atoms with van der Waals surface area (Å²) in [6.45, 7) is 1.15. The van der Waals surface area contributed by atoms with Gasteiger partial charge in [-0.05, 0) is 50.3 Å². The second-order valence-corrected chi connectivity index (χ2v) is 8.05. The van der Waals surface area contributed by atoms with Gasteiger partial charge in [-0.15, -0.1) is 0 Å². The molecule has 1 amide bonds. The molecule has 23 heavy (non-hydrogen) atoms. The van der Waals surface area contributed by atoms with Crippen molar-refractivity contribution in [2.24, 2.45) is 5.92 Å². The van der Waals surface area contributed by atoms with Crippen molar-refractivity contribution in [1.82, 2.24) is 4.31 Å². The molecular formula is C17H22N2O3S. The van der Waals surface area contributed by atoms with Gasteiger partial charge in [-0.25, -0.2) is 8.42 Å². The minimum Gasteiger partial charge on any atom is -0.326 e. The Kier molecular flexibility index (Phi) is 4.82. The Morgan fingerprint density at radius 1 is 1.17 bits per heavy atom. The SMILES string of the molecule is O=C(Nc1cccc(S(=O)(=O)N2CCCC2)c1)[C@H]1CC=CCC1. The Hall–Kier alpha value is -1.66. The summed E-state index contributed by atoms with van der Waals surface area (Å²) in [6, 6.07) is 6.57. The zero-order chi connectivity index (χ0) is 16.3. The normalized spacial score (nSPS) is 22.2. The number of carbonyl (C=O) groups is 1. The van der Waals surface area contributed by atoms with E-state index in [-0.39, 0.29) is 16.7 Å². The van der Waals surface area contributed by atoms with Gasteiger partial charge in [-0.3, -0.25) is 4.79 Å². The van der Waals surface area contributed by atoms with Crippen molar-refractivity contribution in [2.75, 3.05) is 18.4 Å². The van der Waals surface area contributed by atoms with E-state index < -0.39 is 10.0 Å². The predicted octanol–water partition coefficient (Wildman–Crippen LogP) is 2.77. The molecule has 0 unspecified atom stereocenters. The van der Waals surface area contributed by atoms with Gasteiger partial charge in [0.15, 0.2) is 0 Å². The lowest BCUT2D eigenvalue weighted by Crippen LogP contribution is -2.28. The molecular weight excluding hydrogens is 312 g/mol. The summed E-state index contributed by atoms with van der Waals surface area (Å²) < 4.78 is 26.7.